The van der Waals surface area contributed by atoms with Gasteiger partial charge in [-0.05, 0) is 32.2 Å². The van der Waals surface area contributed by atoms with Gasteiger partial charge in [0, 0.05) is 6.54 Å². The third kappa shape index (κ3) is 3.20. The predicted octanol–water partition coefficient (Wildman–Crippen LogP) is 0.101. The van der Waals surface area contributed by atoms with Gasteiger partial charge in [0.15, 0.2) is 10.7 Å². The highest BCUT2D eigenvalue weighted by Gasteiger charge is 2.15. The van der Waals surface area contributed by atoms with E-state index in [1.54, 1.807) is 0 Å². The first-order valence-corrected chi connectivity index (χ1v) is 5.22. The summed E-state index contributed by atoms with van der Waals surface area (Å²) in [5, 5.41) is 0. The number of likely N-dealkylation sites (tertiary alicyclic amines) is 1. The summed E-state index contributed by atoms with van der Waals surface area (Å²) in [7, 11) is -2.24. The lowest BCUT2D eigenvalue weighted by Crippen LogP contribution is -2.35. The zero-order valence-electron chi connectivity index (χ0n) is 6.53. The van der Waals surface area contributed by atoms with Crippen molar-refractivity contribution < 1.29 is 8.42 Å². The zero-order valence-corrected chi connectivity index (χ0v) is 7.43. The van der Waals surface area contributed by atoms with Crippen molar-refractivity contribution in [1.82, 2.24) is 4.90 Å². The van der Waals surface area contributed by atoms with Crippen LogP contribution in [0.4, 0.5) is 0 Å². The van der Waals surface area contributed by atoms with Gasteiger partial charge in [-0.2, -0.15) is 0 Å². The van der Waals surface area contributed by atoms with Gasteiger partial charge in [-0.15, -0.1) is 0 Å². The van der Waals surface area contributed by atoms with E-state index in [0.29, 0.717) is 5.92 Å². The van der Waals surface area contributed by atoms with Gasteiger partial charge in [0.2, 0.25) is 0 Å². The van der Waals surface area contributed by atoms with E-state index >= 15 is 0 Å². The Bertz CT molecular complexity index is 183. The van der Waals surface area contributed by atoms with E-state index in [9.17, 15) is 8.42 Å². The van der Waals surface area contributed by atoms with E-state index in [2.05, 4.69) is 6.92 Å². The monoisotopic (exact) mass is 176 g/mol. The van der Waals surface area contributed by atoms with E-state index in [0.717, 1.165) is 25.9 Å². The number of thiol groups is 1. The maximum absolute atomic E-state index is 10.3. The molecule has 1 atom stereocenters. The molecule has 65 valence electrons. The maximum atomic E-state index is 10.3. The van der Waals surface area contributed by atoms with Crippen LogP contribution in [0.3, 0.4) is 0 Å². The number of hydrogen-bond acceptors (Lipinski definition) is 3. The molecule has 1 unspecified atom stereocenters. The molecule has 1 fully saturated rings. The fourth-order valence-electron chi connectivity index (χ4n) is 1.44. The normalized spacial score (nSPS) is 27.6. The van der Waals surface area contributed by atoms with Gasteiger partial charge in [-0.1, -0.05) is 0 Å². The first-order chi connectivity index (χ1) is 5.18. The van der Waals surface area contributed by atoms with E-state index in [1.807, 2.05) is 4.90 Å². The van der Waals surface area contributed by atoms with Crippen LogP contribution in [-0.4, -0.2) is 32.3 Å². The minimum atomic E-state index is -2.24. The van der Waals surface area contributed by atoms with Crippen LogP contribution in [0.1, 0.15) is 12.8 Å². The molecule has 0 aromatic rings. The zero-order chi connectivity index (χ0) is 8.27. The standard InChI is InChI=1S/C7H14NO2S/c1-7-3-2-4-8(5-7)6-11(9)10/h7,11H,1-6H2. The number of rotatable bonds is 2. The topological polar surface area (TPSA) is 37.4 Å². The highest BCUT2D eigenvalue weighted by atomic mass is 32.2. The summed E-state index contributed by atoms with van der Waals surface area (Å²) in [5.41, 5.74) is 0. The van der Waals surface area contributed by atoms with E-state index in [-0.39, 0.29) is 5.88 Å². The number of piperidine rings is 1. The largest absolute Gasteiger partial charge is 0.290 e. The second kappa shape index (κ2) is 4.07. The maximum Gasteiger partial charge on any atom is 0.153 e. The lowest BCUT2D eigenvalue weighted by molar-refractivity contribution is 0.224. The Labute approximate surface area is 69.3 Å². The Balaban J connectivity index is 2.34. The molecule has 1 aliphatic rings. The number of hydrogen-bond donors (Lipinski definition) is 1. The van der Waals surface area contributed by atoms with E-state index < -0.39 is 10.7 Å². The fraction of sp³-hybridized carbons (Fsp3) is 0.857. The van der Waals surface area contributed by atoms with Crippen molar-refractivity contribution in [2.45, 2.75) is 12.8 Å². The van der Waals surface area contributed by atoms with Crippen LogP contribution in [-0.2, 0) is 10.7 Å². The van der Waals surface area contributed by atoms with Crippen LogP contribution in [0.2, 0.25) is 0 Å². The molecule has 0 spiro atoms. The lowest BCUT2D eigenvalue weighted by atomic mass is 10.0. The summed E-state index contributed by atoms with van der Waals surface area (Å²) < 4.78 is 20.7. The highest BCUT2D eigenvalue weighted by Crippen LogP contribution is 2.14. The average Bonchev–Trinajstić information content (AvgIpc) is 1.85. The van der Waals surface area contributed by atoms with Crippen LogP contribution in [0.15, 0.2) is 0 Å². The average molecular weight is 176 g/mol. The van der Waals surface area contributed by atoms with Crippen molar-refractivity contribution in [2.24, 2.45) is 5.92 Å². The minimum absolute atomic E-state index is 0.210. The highest BCUT2D eigenvalue weighted by molar-refractivity contribution is 7.72. The summed E-state index contributed by atoms with van der Waals surface area (Å²) in [6.07, 6.45) is 2.21. The van der Waals surface area contributed by atoms with E-state index in [1.165, 1.54) is 0 Å². The van der Waals surface area contributed by atoms with Crippen molar-refractivity contribution in [3.05, 3.63) is 6.92 Å². The summed E-state index contributed by atoms with van der Waals surface area (Å²) in [6.45, 7) is 5.67. The van der Waals surface area contributed by atoms with Crippen LogP contribution in [0.5, 0.6) is 0 Å². The molecule has 11 heavy (non-hydrogen) atoms. The smallest absolute Gasteiger partial charge is 0.153 e. The molecule has 3 nitrogen and oxygen atoms in total. The molecule has 0 aromatic carbocycles. The van der Waals surface area contributed by atoms with Gasteiger partial charge in [0.1, 0.15) is 0 Å². The molecule has 0 N–H and O–H groups in total. The van der Waals surface area contributed by atoms with Crippen molar-refractivity contribution in [3.8, 4) is 0 Å². The molecule has 4 heteroatoms. The molecule has 0 saturated carbocycles. The Morgan fingerprint density at radius 1 is 1.55 bits per heavy atom. The third-order valence-corrected chi connectivity index (χ3v) is 2.55. The van der Waals surface area contributed by atoms with Crippen molar-refractivity contribution in [1.29, 1.82) is 0 Å². The fourth-order valence-corrected chi connectivity index (χ4v) is 2.03. The SMILES string of the molecule is [CH2]C1CCCN(C[SH](=O)=O)C1. The quantitative estimate of drug-likeness (QED) is 0.606. The molecule has 1 radical (unpaired) electrons. The van der Waals surface area contributed by atoms with Crippen LogP contribution in [0.25, 0.3) is 0 Å². The Kier molecular flexibility index (Phi) is 3.33. The Hall–Kier alpha value is -0.0900. The van der Waals surface area contributed by atoms with Crippen molar-refractivity contribution >= 4 is 10.7 Å². The van der Waals surface area contributed by atoms with Crippen LogP contribution >= 0.6 is 0 Å². The Morgan fingerprint density at radius 3 is 2.82 bits per heavy atom. The molecule has 0 aliphatic carbocycles. The van der Waals surface area contributed by atoms with Gasteiger partial charge >= 0.3 is 0 Å². The lowest BCUT2D eigenvalue weighted by Gasteiger charge is -2.28. The molecule has 1 saturated heterocycles. The summed E-state index contributed by atoms with van der Waals surface area (Å²) in [6, 6.07) is 0. The number of nitrogens with zero attached hydrogens (tertiary/aromatic N) is 1. The van der Waals surface area contributed by atoms with Gasteiger partial charge in [0.05, 0.1) is 5.88 Å². The molecular formula is C7H14NO2S. The predicted molar refractivity (Wildman–Crippen MR) is 44.8 cm³/mol. The molecule has 1 rings (SSSR count). The molecular weight excluding hydrogens is 162 g/mol. The summed E-state index contributed by atoms with van der Waals surface area (Å²) >= 11 is 0. The van der Waals surface area contributed by atoms with Gasteiger partial charge < -0.3 is 0 Å². The van der Waals surface area contributed by atoms with Gasteiger partial charge in [0.25, 0.3) is 0 Å². The second-order valence-electron chi connectivity index (χ2n) is 3.06. The molecule has 0 aromatic heterocycles. The van der Waals surface area contributed by atoms with Crippen molar-refractivity contribution in [2.75, 3.05) is 19.0 Å². The molecule has 1 heterocycles. The van der Waals surface area contributed by atoms with Crippen molar-refractivity contribution in [3.63, 3.8) is 0 Å². The van der Waals surface area contributed by atoms with Crippen LogP contribution < -0.4 is 0 Å². The summed E-state index contributed by atoms with van der Waals surface area (Å²) in [5.74, 6) is 0.625. The molecule has 0 bridgehead atoms. The first kappa shape index (κ1) is 9.00. The van der Waals surface area contributed by atoms with Gasteiger partial charge in [-0.3, -0.25) is 4.90 Å². The summed E-state index contributed by atoms with van der Waals surface area (Å²) in [4.78, 5) is 1.95. The molecule has 1 aliphatic heterocycles. The van der Waals surface area contributed by atoms with Crippen LogP contribution in [0, 0.1) is 12.8 Å². The van der Waals surface area contributed by atoms with E-state index in [4.69, 9.17) is 0 Å². The third-order valence-electron chi connectivity index (χ3n) is 1.92. The molecule has 0 amide bonds. The van der Waals surface area contributed by atoms with Gasteiger partial charge in [-0.25, -0.2) is 8.42 Å². The first-order valence-electron chi connectivity index (χ1n) is 3.85. The second-order valence-corrected chi connectivity index (χ2v) is 4.01. The minimum Gasteiger partial charge on any atom is -0.290 e. The Morgan fingerprint density at radius 2 is 2.27 bits per heavy atom.